The second kappa shape index (κ2) is 6.55. The number of halogens is 3. The Morgan fingerprint density at radius 1 is 1.53 bits per heavy atom. The molecular weight excluding hydrogens is 262 g/mol. The van der Waals surface area contributed by atoms with Crippen LogP contribution >= 0.6 is 24.0 Å². The smallest absolute Gasteiger partial charge is 0.123 e. The van der Waals surface area contributed by atoms with Crippen molar-refractivity contribution < 1.29 is 4.39 Å². The molecule has 17 heavy (non-hydrogen) atoms. The molecule has 0 saturated carbocycles. The average molecular weight is 279 g/mol. The molecule has 0 bridgehead atoms. The minimum Gasteiger partial charge on any atom is -0.314 e. The number of rotatable bonds is 2. The summed E-state index contributed by atoms with van der Waals surface area (Å²) in [6, 6.07) is 5.01. The number of piperazine rings is 1. The first-order chi connectivity index (χ1) is 7.66. The molecule has 96 valence electrons. The van der Waals surface area contributed by atoms with Gasteiger partial charge in [0.05, 0.1) is 0 Å². The maximum atomic E-state index is 13.1. The summed E-state index contributed by atoms with van der Waals surface area (Å²) in [5, 5.41) is 3.97. The van der Waals surface area contributed by atoms with E-state index in [-0.39, 0.29) is 18.2 Å². The van der Waals surface area contributed by atoms with Crippen molar-refractivity contribution in [2.24, 2.45) is 0 Å². The van der Waals surface area contributed by atoms with Gasteiger partial charge in [-0.25, -0.2) is 4.39 Å². The lowest BCUT2D eigenvalue weighted by Gasteiger charge is -2.34. The predicted molar refractivity (Wildman–Crippen MR) is 71.4 cm³/mol. The van der Waals surface area contributed by atoms with Crippen molar-refractivity contribution in [1.29, 1.82) is 0 Å². The predicted octanol–water partition coefficient (Wildman–Crippen LogP) is 2.69. The molecule has 0 aliphatic carbocycles. The molecule has 2 nitrogen and oxygen atoms in total. The van der Waals surface area contributed by atoms with E-state index in [4.69, 9.17) is 11.6 Å². The minimum atomic E-state index is -0.220. The first-order valence-electron chi connectivity index (χ1n) is 5.55. The highest BCUT2D eigenvalue weighted by atomic mass is 35.5. The topological polar surface area (TPSA) is 15.3 Å². The minimum absolute atomic E-state index is 0. The van der Waals surface area contributed by atoms with Gasteiger partial charge in [0.15, 0.2) is 0 Å². The quantitative estimate of drug-likeness (QED) is 0.895. The third-order valence-corrected chi connectivity index (χ3v) is 3.39. The number of benzene rings is 1. The van der Waals surface area contributed by atoms with Crippen LogP contribution in [-0.2, 0) is 6.54 Å². The third-order valence-electron chi connectivity index (χ3n) is 3.02. The molecule has 1 aliphatic heterocycles. The molecule has 0 spiro atoms. The van der Waals surface area contributed by atoms with Crippen LogP contribution < -0.4 is 5.32 Å². The molecule has 1 aromatic rings. The van der Waals surface area contributed by atoms with E-state index < -0.39 is 0 Å². The summed E-state index contributed by atoms with van der Waals surface area (Å²) in [6.07, 6.45) is 0. The monoisotopic (exact) mass is 278 g/mol. The fraction of sp³-hybridized carbons (Fsp3) is 0.500. The summed E-state index contributed by atoms with van der Waals surface area (Å²) in [5.74, 6) is -0.220. The van der Waals surface area contributed by atoms with Gasteiger partial charge in [-0.1, -0.05) is 11.6 Å². The van der Waals surface area contributed by atoms with E-state index in [1.165, 1.54) is 12.1 Å². The van der Waals surface area contributed by atoms with Gasteiger partial charge in [-0.05, 0) is 30.7 Å². The molecule has 0 unspecified atom stereocenters. The van der Waals surface area contributed by atoms with Crippen molar-refractivity contribution in [3.8, 4) is 0 Å². The summed E-state index contributed by atoms with van der Waals surface area (Å²) >= 11 is 6.05. The van der Waals surface area contributed by atoms with Crippen molar-refractivity contribution >= 4 is 24.0 Å². The van der Waals surface area contributed by atoms with Crippen molar-refractivity contribution in [2.45, 2.75) is 19.5 Å². The van der Waals surface area contributed by atoms with Crippen LogP contribution in [0.5, 0.6) is 0 Å². The van der Waals surface area contributed by atoms with Crippen molar-refractivity contribution in [2.75, 3.05) is 19.6 Å². The van der Waals surface area contributed by atoms with Crippen LogP contribution in [-0.4, -0.2) is 30.6 Å². The molecule has 1 N–H and O–H groups in total. The highest BCUT2D eigenvalue weighted by Gasteiger charge is 2.18. The zero-order valence-corrected chi connectivity index (χ0v) is 11.3. The maximum absolute atomic E-state index is 13.1. The van der Waals surface area contributed by atoms with Crippen LogP contribution in [0.15, 0.2) is 18.2 Å². The fourth-order valence-corrected chi connectivity index (χ4v) is 2.18. The summed E-state index contributed by atoms with van der Waals surface area (Å²) in [7, 11) is 0. The van der Waals surface area contributed by atoms with Gasteiger partial charge in [-0.2, -0.15) is 0 Å². The van der Waals surface area contributed by atoms with Crippen LogP contribution in [0.1, 0.15) is 12.5 Å². The van der Waals surface area contributed by atoms with Gasteiger partial charge in [0, 0.05) is 37.2 Å². The summed E-state index contributed by atoms with van der Waals surface area (Å²) in [4.78, 5) is 2.32. The summed E-state index contributed by atoms with van der Waals surface area (Å²) in [6.45, 7) is 5.83. The van der Waals surface area contributed by atoms with E-state index in [0.717, 1.165) is 31.7 Å². The zero-order chi connectivity index (χ0) is 11.5. The highest BCUT2D eigenvalue weighted by molar-refractivity contribution is 6.31. The van der Waals surface area contributed by atoms with E-state index in [1.54, 1.807) is 6.07 Å². The molecule has 0 aromatic heterocycles. The second-order valence-corrected chi connectivity index (χ2v) is 4.67. The summed E-state index contributed by atoms with van der Waals surface area (Å²) in [5.41, 5.74) is 0.871. The molecule has 0 amide bonds. The van der Waals surface area contributed by atoms with Gasteiger partial charge in [-0.15, -0.1) is 12.4 Å². The van der Waals surface area contributed by atoms with Crippen LogP contribution in [0.25, 0.3) is 0 Å². The number of hydrogen-bond donors (Lipinski definition) is 1. The molecule has 1 saturated heterocycles. The zero-order valence-electron chi connectivity index (χ0n) is 9.75. The van der Waals surface area contributed by atoms with E-state index in [1.807, 2.05) is 0 Å². The Morgan fingerprint density at radius 3 is 3.00 bits per heavy atom. The first kappa shape index (κ1) is 14.7. The van der Waals surface area contributed by atoms with E-state index in [9.17, 15) is 4.39 Å². The molecule has 1 fully saturated rings. The van der Waals surface area contributed by atoms with Crippen LogP contribution in [0.2, 0.25) is 5.02 Å². The van der Waals surface area contributed by atoms with Gasteiger partial charge < -0.3 is 5.32 Å². The SMILES string of the molecule is C[C@H]1CNCCN1Cc1cc(F)ccc1Cl.Cl. The van der Waals surface area contributed by atoms with Crippen LogP contribution in [0.4, 0.5) is 4.39 Å². The Kier molecular flexibility index (Phi) is 5.67. The molecule has 1 aliphatic rings. The van der Waals surface area contributed by atoms with Crippen molar-refractivity contribution in [3.63, 3.8) is 0 Å². The second-order valence-electron chi connectivity index (χ2n) is 4.26. The lowest BCUT2D eigenvalue weighted by molar-refractivity contribution is 0.165. The molecule has 1 aromatic carbocycles. The van der Waals surface area contributed by atoms with Gasteiger partial charge in [0.1, 0.15) is 5.82 Å². The Morgan fingerprint density at radius 2 is 2.29 bits per heavy atom. The molecule has 2 rings (SSSR count). The summed E-state index contributed by atoms with van der Waals surface area (Å²) < 4.78 is 13.1. The van der Waals surface area contributed by atoms with Gasteiger partial charge in [0.2, 0.25) is 0 Å². The molecular formula is C12H17Cl2FN2. The van der Waals surface area contributed by atoms with Gasteiger partial charge in [-0.3, -0.25) is 4.90 Å². The Bertz CT molecular complexity index is 374. The first-order valence-corrected chi connectivity index (χ1v) is 5.93. The average Bonchev–Trinajstić information content (AvgIpc) is 2.27. The van der Waals surface area contributed by atoms with Gasteiger partial charge >= 0.3 is 0 Å². The third kappa shape index (κ3) is 3.81. The van der Waals surface area contributed by atoms with E-state index >= 15 is 0 Å². The number of nitrogens with one attached hydrogen (secondary N) is 1. The Balaban J connectivity index is 0.00000144. The largest absolute Gasteiger partial charge is 0.314 e. The Labute approximate surface area is 113 Å². The fourth-order valence-electron chi connectivity index (χ4n) is 2.00. The molecule has 5 heteroatoms. The normalized spacial score (nSPS) is 21.0. The number of hydrogen-bond acceptors (Lipinski definition) is 2. The molecule has 1 atom stereocenters. The van der Waals surface area contributed by atoms with E-state index in [2.05, 4.69) is 17.1 Å². The van der Waals surface area contributed by atoms with Crippen molar-refractivity contribution in [3.05, 3.63) is 34.6 Å². The van der Waals surface area contributed by atoms with Gasteiger partial charge in [0.25, 0.3) is 0 Å². The lowest BCUT2D eigenvalue weighted by atomic mass is 10.1. The standard InChI is InChI=1S/C12H16ClFN2.ClH/c1-9-7-15-4-5-16(9)8-10-6-11(14)2-3-12(10)13;/h2-3,6,9,15H,4-5,7-8H2,1H3;1H/t9-;/m0./s1. The molecule has 1 heterocycles. The highest BCUT2D eigenvalue weighted by Crippen LogP contribution is 2.20. The van der Waals surface area contributed by atoms with Crippen LogP contribution in [0.3, 0.4) is 0 Å². The van der Waals surface area contributed by atoms with Crippen LogP contribution in [0, 0.1) is 5.82 Å². The maximum Gasteiger partial charge on any atom is 0.123 e. The lowest BCUT2D eigenvalue weighted by Crippen LogP contribution is -2.49. The molecule has 0 radical (unpaired) electrons. The number of nitrogens with zero attached hydrogens (tertiary/aromatic N) is 1. The Hall–Kier alpha value is -0.350. The van der Waals surface area contributed by atoms with Crippen molar-refractivity contribution in [1.82, 2.24) is 10.2 Å². The van der Waals surface area contributed by atoms with E-state index in [0.29, 0.717) is 11.1 Å².